The number of rotatable bonds is 5. The molecule has 86 valence electrons. The minimum Gasteiger partial charge on any atom is -0.396 e. The van der Waals surface area contributed by atoms with E-state index in [4.69, 9.17) is 5.11 Å². The van der Waals surface area contributed by atoms with Gasteiger partial charge in [-0.3, -0.25) is 10.1 Å². The van der Waals surface area contributed by atoms with Crippen molar-refractivity contribution in [1.82, 2.24) is 0 Å². The highest BCUT2D eigenvalue weighted by Gasteiger charge is 2.01. The zero-order valence-electron chi connectivity index (χ0n) is 8.92. The van der Waals surface area contributed by atoms with Gasteiger partial charge in [0.15, 0.2) is 0 Å². The van der Waals surface area contributed by atoms with Gasteiger partial charge in [-0.2, -0.15) is 0 Å². The van der Waals surface area contributed by atoms with Crippen LogP contribution in [0.5, 0.6) is 0 Å². The number of hydrogen-bond donors (Lipinski definition) is 1. The van der Waals surface area contributed by atoms with Gasteiger partial charge in [-0.25, -0.2) is 0 Å². The summed E-state index contributed by atoms with van der Waals surface area (Å²) in [6, 6.07) is 7.43. The second kappa shape index (κ2) is 6.30. The molecule has 1 rings (SSSR count). The molecule has 0 saturated carbocycles. The smallest absolute Gasteiger partial charge is 0.243 e. The number of aliphatic hydroxyl groups excluding tert-OH is 1. The van der Waals surface area contributed by atoms with E-state index in [1.54, 1.807) is 11.8 Å². The first-order chi connectivity index (χ1) is 7.63. The second-order valence-electron chi connectivity index (χ2n) is 3.18. The van der Waals surface area contributed by atoms with Crippen LogP contribution in [0, 0.1) is 10.1 Å². The molecule has 0 bridgehead atoms. The van der Waals surface area contributed by atoms with Crippen molar-refractivity contribution in [1.29, 1.82) is 0 Å². The van der Waals surface area contributed by atoms with Crippen molar-refractivity contribution in [2.24, 2.45) is 0 Å². The van der Waals surface area contributed by atoms with Crippen LogP contribution in [0.4, 0.5) is 0 Å². The lowest BCUT2D eigenvalue weighted by atomic mass is 10.2. The van der Waals surface area contributed by atoms with Crippen LogP contribution in [0.25, 0.3) is 6.08 Å². The van der Waals surface area contributed by atoms with Crippen molar-refractivity contribution in [3.63, 3.8) is 0 Å². The summed E-state index contributed by atoms with van der Waals surface area (Å²) in [5.74, 6) is 0.656. The summed E-state index contributed by atoms with van der Waals surface area (Å²) in [6.07, 6.45) is 1.53. The van der Waals surface area contributed by atoms with Crippen LogP contribution in [0.2, 0.25) is 0 Å². The van der Waals surface area contributed by atoms with Crippen molar-refractivity contribution in [3.8, 4) is 0 Å². The van der Waals surface area contributed by atoms with Crippen molar-refractivity contribution in [2.45, 2.75) is 11.8 Å². The molecule has 4 nitrogen and oxygen atoms in total. The van der Waals surface area contributed by atoms with Crippen molar-refractivity contribution in [2.75, 3.05) is 12.4 Å². The highest BCUT2D eigenvalue weighted by Crippen LogP contribution is 2.18. The molecule has 1 aromatic carbocycles. The number of nitrogens with zero attached hydrogens (tertiary/aromatic N) is 1. The number of hydrogen-bond acceptors (Lipinski definition) is 4. The molecule has 0 amide bonds. The topological polar surface area (TPSA) is 63.4 Å². The second-order valence-corrected chi connectivity index (χ2v) is 4.35. The van der Waals surface area contributed by atoms with Gasteiger partial charge < -0.3 is 5.11 Å². The quantitative estimate of drug-likeness (QED) is 0.487. The predicted octanol–water partition coefficient (Wildman–Crippen LogP) is 2.41. The van der Waals surface area contributed by atoms with Gasteiger partial charge in [-0.15, -0.1) is 11.8 Å². The van der Waals surface area contributed by atoms with E-state index >= 15 is 0 Å². The van der Waals surface area contributed by atoms with Gasteiger partial charge >= 0.3 is 0 Å². The van der Waals surface area contributed by atoms with E-state index in [-0.39, 0.29) is 12.3 Å². The van der Waals surface area contributed by atoms with Crippen LogP contribution in [0.3, 0.4) is 0 Å². The number of allylic oxidation sites excluding steroid dienone is 1. The fourth-order valence-corrected chi connectivity index (χ4v) is 1.77. The molecule has 0 aliphatic rings. The summed E-state index contributed by atoms with van der Waals surface area (Å²) in [6.45, 7) is 1.61. The Morgan fingerprint density at radius 1 is 1.50 bits per heavy atom. The SMILES string of the molecule is C/C(=C\c1ccc(SCCO)cc1)[N+](=O)[O-]. The maximum atomic E-state index is 10.4. The Labute approximate surface area is 98.1 Å². The Kier molecular flexibility index (Phi) is 5.01. The van der Waals surface area contributed by atoms with Crippen LogP contribution in [0.15, 0.2) is 34.9 Å². The van der Waals surface area contributed by atoms with Crippen LogP contribution >= 0.6 is 11.8 Å². The zero-order chi connectivity index (χ0) is 12.0. The average molecular weight is 239 g/mol. The summed E-state index contributed by atoms with van der Waals surface area (Å²) in [5.41, 5.74) is 0.929. The lowest BCUT2D eigenvalue weighted by molar-refractivity contribution is -0.422. The normalized spacial score (nSPS) is 11.5. The Morgan fingerprint density at radius 2 is 2.12 bits per heavy atom. The molecule has 0 aliphatic heterocycles. The summed E-state index contributed by atoms with van der Waals surface area (Å²) < 4.78 is 0. The fourth-order valence-electron chi connectivity index (χ4n) is 1.12. The summed E-state index contributed by atoms with van der Waals surface area (Å²) >= 11 is 1.55. The van der Waals surface area contributed by atoms with Crippen molar-refractivity contribution < 1.29 is 10.0 Å². The molecule has 0 fully saturated rings. The first-order valence-electron chi connectivity index (χ1n) is 4.80. The maximum absolute atomic E-state index is 10.4. The van der Waals surface area contributed by atoms with Crippen LogP contribution in [-0.4, -0.2) is 22.4 Å². The molecule has 0 atom stereocenters. The van der Waals surface area contributed by atoms with Crippen LogP contribution in [-0.2, 0) is 0 Å². The van der Waals surface area contributed by atoms with E-state index in [0.717, 1.165) is 10.5 Å². The first kappa shape index (κ1) is 12.7. The molecule has 1 aromatic rings. The zero-order valence-corrected chi connectivity index (χ0v) is 9.74. The molecule has 0 aliphatic carbocycles. The molecule has 0 heterocycles. The standard InChI is InChI=1S/C11H13NO3S/c1-9(12(14)15)8-10-2-4-11(5-3-10)16-7-6-13/h2-5,8,13H,6-7H2,1H3/b9-8+. The average Bonchev–Trinajstić information content (AvgIpc) is 2.28. The lowest BCUT2D eigenvalue weighted by Gasteiger charge is -1.99. The van der Waals surface area contributed by atoms with Gasteiger partial charge in [0.1, 0.15) is 0 Å². The van der Waals surface area contributed by atoms with Gasteiger partial charge in [0, 0.05) is 23.6 Å². The summed E-state index contributed by atoms with van der Waals surface area (Å²) in [7, 11) is 0. The summed E-state index contributed by atoms with van der Waals surface area (Å²) in [4.78, 5) is 11.1. The molecule has 5 heteroatoms. The van der Waals surface area contributed by atoms with Crippen LogP contribution < -0.4 is 0 Å². The highest BCUT2D eigenvalue weighted by molar-refractivity contribution is 7.99. The minimum atomic E-state index is -0.408. The first-order valence-corrected chi connectivity index (χ1v) is 5.78. The van der Waals surface area contributed by atoms with Crippen molar-refractivity contribution in [3.05, 3.63) is 45.6 Å². The molecule has 0 aromatic heterocycles. The third-order valence-corrected chi connectivity index (χ3v) is 2.90. The monoisotopic (exact) mass is 239 g/mol. The molecule has 0 unspecified atom stereocenters. The van der Waals surface area contributed by atoms with E-state index in [9.17, 15) is 10.1 Å². The largest absolute Gasteiger partial charge is 0.396 e. The molecule has 0 saturated heterocycles. The molecule has 16 heavy (non-hydrogen) atoms. The predicted molar refractivity (Wildman–Crippen MR) is 64.9 cm³/mol. The van der Waals surface area contributed by atoms with Crippen LogP contribution in [0.1, 0.15) is 12.5 Å². The minimum absolute atomic E-state index is 0.121. The van der Waals surface area contributed by atoms with E-state index in [1.165, 1.54) is 13.0 Å². The number of benzene rings is 1. The number of thioether (sulfide) groups is 1. The Morgan fingerprint density at radius 3 is 2.62 bits per heavy atom. The Bertz CT molecular complexity index is 387. The van der Waals surface area contributed by atoms with Gasteiger partial charge in [-0.1, -0.05) is 12.1 Å². The maximum Gasteiger partial charge on any atom is 0.243 e. The molecular formula is C11H13NO3S. The van der Waals surface area contributed by atoms with E-state index in [2.05, 4.69) is 0 Å². The third-order valence-electron chi connectivity index (χ3n) is 1.90. The Hall–Kier alpha value is -1.33. The molecule has 0 radical (unpaired) electrons. The van der Waals surface area contributed by atoms with E-state index in [1.807, 2.05) is 24.3 Å². The fraction of sp³-hybridized carbons (Fsp3) is 0.273. The van der Waals surface area contributed by atoms with Crippen molar-refractivity contribution >= 4 is 17.8 Å². The third kappa shape index (κ3) is 4.04. The molecular weight excluding hydrogens is 226 g/mol. The van der Waals surface area contributed by atoms with E-state index in [0.29, 0.717) is 5.75 Å². The summed E-state index contributed by atoms with van der Waals surface area (Å²) in [5, 5.41) is 19.1. The molecule has 0 spiro atoms. The number of nitro groups is 1. The molecule has 1 N–H and O–H groups in total. The van der Waals surface area contributed by atoms with Gasteiger partial charge in [-0.05, 0) is 17.7 Å². The Balaban J connectivity index is 2.71. The van der Waals surface area contributed by atoms with Gasteiger partial charge in [0.05, 0.1) is 11.5 Å². The lowest BCUT2D eigenvalue weighted by Crippen LogP contribution is -1.92. The highest BCUT2D eigenvalue weighted by atomic mass is 32.2. The van der Waals surface area contributed by atoms with Gasteiger partial charge in [0.2, 0.25) is 5.70 Å². The number of aliphatic hydroxyl groups is 1. The van der Waals surface area contributed by atoms with E-state index < -0.39 is 4.92 Å². The van der Waals surface area contributed by atoms with Gasteiger partial charge in [0.25, 0.3) is 0 Å².